The van der Waals surface area contributed by atoms with Crippen LogP contribution in [-0.2, 0) is 4.79 Å². The van der Waals surface area contributed by atoms with Crippen molar-refractivity contribution in [1.82, 2.24) is 10.7 Å². The van der Waals surface area contributed by atoms with Crippen LogP contribution in [-0.4, -0.2) is 28.1 Å². The lowest BCUT2D eigenvalue weighted by molar-refractivity contribution is -0.385. The molecule has 9 nitrogen and oxygen atoms in total. The smallest absolute Gasteiger partial charge is 0.287 e. The highest BCUT2D eigenvalue weighted by Crippen LogP contribution is 2.31. The Labute approximate surface area is 215 Å². The summed E-state index contributed by atoms with van der Waals surface area (Å²) in [4.78, 5) is 36.0. The molecule has 2 amide bonds. The highest BCUT2D eigenvalue weighted by molar-refractivity contribution is 9.10. The molecule has 182 valence electrons. The van der Waals surface area contributed by atoms with E-state index in [2.05, 4.69) is 31.8 Å². The minimum Gasteiger partial charge on any atom is -0.506 e. The SMILES string of the molecule is CC(=Cc1ccccc1)C=C(NC(=O)c1ccccc1)C(=O)N/N=C/c1cc([N+](=O)[O-])cc(Br)c1O. The largest absolute Gasteiger partial charge is 0.506 e. The number of carbonyl (C=O) groups excluding carboxylic acids is 2. The quantitative estimate of drug-likeness (QED) is 0.120. The first kappa shape index (κ1) is 26.0. The summed E-state index contributed by atoms with van der Waals surface area (Å²) in [6.45, 7) is 1.77. The molecule has 0 fully saturated rings. The number of carbonyl (C=O) groups is 2. The van der Waals surface area contributed by atoms with Crippen LogP contribution in [0.15, 0.2) is 99.7 Å². The number of benzene rings is 3. The van der Waals surface area contributed by atoms with Crippen molar-refractivity contribution in [3.63, 3.8) is 0 Å². The van der Waals surface area contributed by atoms with Crippen LogP contribution in [0, 0.1) is 10.1 Å². The van der Waals surface area contributed by atoms with Crippen molar-refractivity contribution in [2.45, 2.75) is 6.92 Å². The number of aromatic hydroxyl groups is 1. The van der Waals surface area contributed by atoms with Gasteiger partial charge in [-0.3, -0.25) is 19.7 Å². The number of amides is 2. The minimum absolute atomic E-state index is 0.00961. The Bertz CT molecular complexity index is 1370. The van der Waals surface area contributed by atoms with Crippen LogP contribution in [0.1, 0.15) is 28.4 Å². The van der Waals surface area contributed by atoms with Gasteiger partial charge in [0.2, 0.25) is 0 Å². The molecule has 0 aromatic heterocycles. The standard InChI is InChI=1S/C26H21BrN4O5/c1-17(12-18-8-4-2-5-9-18)13-23(29-25(33)19-10-6-3-7-11-19)26(34)30-28-16-20-14-21(31(35)36)15-22(27)24(20)32/h2-16,32H,1H3,(H,29,33)(H,30,34)/b17-12?,23-13?,28-16+. The third-order valence-electron chi connectivity index (χ3n) is 4.75. The van der Waals surface area contributed by atoms with Crippen molar-refractivity contribution in [3.05, 3.63) is 121 Å². The highest BCUT2D eigenvalue weighted by atomic mass is 79.9. The summed E-state index contributed by atoms with van der Waals surface area (Å²) in [7, 11) is 0. The molecule has 0 bridgehead atoms. The number of non-ortho nitro benzene ring substituents is 1. The van der Waals surface area contributed by atoms with Crippen LogP contribution >= 0.6 is 15.9 Å². The Morgan fingerprint density at radius 2 is 1.69 bits per heavy atom. The molecule has 0 saturated carbocycles. The number of hydrogen-bond donors (Lipinski definition) is 3. The summed E-state index contributed by atoms with van der Waals surface area (Å²) in [5, 5.41) is 27.6. The number of phenols is 1. The fourth-order valence-corrected chi connectivity index (χ4v) is 3.52. The van der Waals surface area contributed by atoms with Gasteiger partial charge in [-0.25, -0.2) is 5.43 Å². The lowest BCUT2D eigenvalue weighted by Crippen LogP contribution is -2.33. The van der Waals surface area contributed by atoms with E-state index in [4.69, 9.17) is 0 Å². The number of hydrazone groups is 1. The molecule has 0 saturated heterocycles. The summed E-state index contributed by atoms with van der Waals surface area (Å²) in [5.41, 5.74) is 3.89. The molecule has 0 radical (unpaired) electrons. The maximum absolute atomic E-state index is 12.9. The Morgan fingerprint density at radius 1 is 1.06 bits per heavy atom. The monoisotopic (exact) mass is 548 g/mol. The van der Waals surface area contributed by atoms with Crippen molar-refractivity contribution in [1.29, 1.82) is 0 Å². The number of allylic oxidation sites excluding steroid dienone is 2. The predicted octanol–water partition coefficient (Wildman–Crippen LogP) is 4.93. The molecule has 0 spiro atoms. The second-order valence-corrected chi connectivity index (χ2v) is 8.35. The molecule has 3 N–H and O–H groups in total. The van der Waals surface area contributed by atoms with Gasteiger partial charge in [0, 0.05) is 23.3 Å². The summed E-state index contributed by atoms with van der Waals surface area (Å²) in [6.07, 6.45) is 4.40. The van der Waals surface area contributed by atoms with Crippen LogP contribution in [0.4, 0.5) is 5.69 Å². The first-order valence-corrected chi connectivity index (χ1v) is 11.4. The molecule has 3 rings (SSSR count). The number of nitrogens with one attached hydrogen (secondary N) is 2. The molecule has 0 unspecified atom stereocenters. The van der Waals surface area contributed by atoms with Gasteiger partial charge in [0.1, 0.15) is 11.4 Å². The Balaban J connectivity index is 1.86. The second-order valence-electron chi connectivity index (χ2n) is 7.50. The molecule has 0 aliphatic rings. The van der Waals surface area contributed by atoms with E-state index in [9.17, 15) is 24.8 Å². The molecule has 10 heteroatoms. The zero-order valence-corrected chi connectivity index (χ0v) is 20.6. The lowest BCUT2D eigenvalue weighted by atomic mass is 10.1. The van der Waals surface area contributed by atoms with E-state index in [0.717, 1.165) is 23.9 Å². The van der Waals surface area contributed by atoms with Crippen LogP contribution in [0.5, 0.6) is 5.75 Å². The fraction of sp³-hybridized carbons (Fsp3) is 0.0385. The second kappa shape index (κ2) is 12.2. The normalized spacial score (nSPS) is 11.8. The summed E-state index contributed by atoms with van der Waals surface area (Å²) >= 11 is 3.05. The van der Waals surface area contributed by atoms with E-state index in [1.54, 1.807) is 37.3 Å². The van der Waals surface area contributed by atoms with Crippen molar-refractivity contribution in [2.75, 3.05) is 0 Å². The topological polar surface area (TPSA) is 134 Å². The molecule has 0 atom stereocenters. The van der Waals surface area contributed by atoms with E-state index < -0.39 is 16.7 Å². The summed E-state index contributed by atoms with van der Waals surface area (Å²) in [5.74, 6) is -1.51. The van der Waals surface area contributed by atoms with Gasteiger partial charge >= 0.3 is 0 Å². The van der Waals surface area contributed by atoms with E-state index >= 15 is 0 Å². The maximum atomic E-state index is 12.9. The highest BCUT2D eigenvalue weighted by Gasteiger charge is 2.16. The summed E-state index contributed by atoms with van der Waals surface area (Å²) < 4.78 is 0.0989. The zero-order chi connectivity index (χ0) is 26.1. The van der Waals surface area contributed by atoms with Crippen LogP contribution in [0.3, 0.4) is 0 Å². The third kappa shape index (κ3) is 7.21. The van der Waals surface area contributed by atoms with Crippen molar-refractivity contribution >= 4 is 45.7 Å². The zero-order valence-electron chi connectivity index (χ0n) is 19.0. The molecule has 3 aromatic rings. The van der Waals surface area contributed by atoms with Crippen LogP contribution < -0.4 is 10.7 Å². The van der Waals surface area contributed by atoms with Crippen molar-refractivity contribution < 1.29 is 19.6 Å². The number of nitro benzene ring substituents is 1. The number of halogens is 1. The van der Waals surface area contributed by atoms with Gasteiger partial charge in [0.05, 0.1) is 15.6 Å². The van der Waals surface area contributed by atoms with Gasteiger partial charge < -0.3 is 10.4 Å². The van der Waals surface area contributed by atoms with Gasteiger partial charge in [-0.15, -0.1) is 0 Å². The van der Waals surface area contributed by atoms with Crippen molar-refractivity contribution in [2.24, 2.45) is 5.10 Å². The predicted molar refractivity (Wildman–Crippen MR) is 140 cm³/mol. The lowest BCUT2D eigenvalue weighted by Gasteiger charge is -2.09. The molecule has 36 heavy (non-hydrogen) atoms. The Kier molecular flexibility index (Phi) is 8.84. The first-order chi connectivity index (χ1) is 17.2. The van der Waals surface area contributed by atoms with Gasteiger partial charge in [0.15, 0.2) is 0 Å². The fourth-order valence-electron chi connectivity index (χ4n) is 3.05. The van der Waals surface area contributed by atoms with Gasteiger partial charge in [0.25, 0.3) is 17.5 Å². The van der Waals surface area contributed by atoms with E-state index in [0.29, 0.717) is 11.1 Å². The van der Waals surface area contributed by atoms with Crippen LogP contribution in [0.25, 0.3) is 6.08 Å². The van der Waals surface area contributed by atoms with Gasteiger partial charge in [-0.1, -0.05) is 54.6 Å². The number of rotatable bonds is 8. The number of phenolic OH excluding ortho intramolecular Hbond substituents is 1. The Morgan fingerprint density at radius 3 is 2.33 bits per heavy atom. The molecular formula is C26H21BrN4O5. The minimum atomic E-state index is -0.736. The first-order valence-electron chi connectivity index (χ1n) is 10.6. The van der Waals surface area contributed by atoms with E-state index in [-0.39, 0.29) is 27.2 Å². The van der Waals surface area contributed by atoms with Crippen LogP contribution in [0.2, 0.25) is 0 Å². The van der Waals surface area contributed by atoms with Gasteiger partial charge in [-0.05, 0) is 52.2 Å². The molecular weight excluding hydrogens is 528 g/mol. The number of nitro groups is 1. The Hall–Kier alpha value is -4.57. The molecule has 0 aliphatic carbocycles. The average Bonchev–Trinajstić information content (AvgIpc) is 2.86. The average molecular weight is 549 g/mol. The molecule has 0 aliphatic heterocycles. The molecule has 0 heterocycles. The maximum Gasteiger partial charge on any atom is 0.287 e. The third-order valence-corrected chi connectivity index (χ3v) is 5.36. The number of hydrogen-bond acceptors (Lipinski definition) is 6. The summed E-state index contributed by atoms with van der Waals surface area (Å²) in [6, 6.07) is 20.1. The van der Waals surface area contributed by atoms with Crippen molar-refractivity contribution in [3.8, 4) is 5.75 Å². The van der Waals surface area contributed by atoms with E-state index in [1.807, 2.05) is 36.4 Å². The van der Waals surface area contributed by atoms with E-state index in [1.165, 1.54) is 6.08 Å². The van der Waals surface area contributed by atoms with Gasteiger partial charge in [-0.2, -0.15) is 5.10 Å². The number of nitrogens with zero attached hydrogens (tertiary/aromatic N) is 2. The molecule has 3 aromatic carbocycles.